The van der Waals surface area contributed by atoms with Crippen molar-refractivity contribution in [3.8, 4) is 23.8 Å². The van der Waals surface area contributed by atoms with Crippen LogP contribution in [0.4, 0.5) is 9.18 Å². The number of carbonyl (C=O) groups is 2. The lowest BCUT2D eigenvalue weighted by molar-refractivity contribution is -0.122. The van der Waals surface area contributed by atoms with Crippen LogP contribution in [0.5, 0.6) is 11.5 Å². The molecule has 1 heterocycles. The van der Waals surface area contributed by atoms with E-state index in [2.05, 4.69) is 21.9 Å². The molecule has 0 N–H and O–H groups in total. The molecule has 0 aliphatic carbocycles. The number of methoxy groups -OCH3 is 1. The molecule has 3 rings (SSSR count). The number of terminal acetylenes is 1. The van der Waals surface area contributed by atoms with E-state index in [1.807, 2.05) is 0 Å². The molecule has 0 aromatic heterocycles. The Morgan fingerprint density at radius 1 is 1.31 bits per heavy atom. The number of hydrogen-bond donors (Lipinski definition) is 0. The van der Waals surface area contributed by atoms with Gasteiger partial charge >= 0.3 is 0 Å². The maximum Gasteiger partial charge on any atom is 0.294 e. The van der Waals surface area contributed by atoms with Crippen LogP contribution in [-0.4, -0.2) is 29.7 Å². The van der Waals surface area contributed by atoms with Gasteiger partial charge in [-0.05, 0) is 69.2 Å². The molecule has 0 bridgehead atoms. The molecular weight excluding hydrogens is 461 g/mol. The molecule has 0 unspecified atom stereocenters. The molecule has 1 fully saturated rings. The molecule has 1 aliphatic heterocycles. The molecule has 0 spiro atoms. The molecule has 8 heteroatoms. The predicted molar refractivity (Wildman–Crippen MR) is 113 cm³/mol. The van der Waals surface area contributed by atoms with Gasteiger partial charge in [0, 0.05) is 0 Å². The first-order chi connectivity index (χ1) is 13.9. The summed E-state index contributed by atoms with van der Waals surface area (Å²) in [7, 11) is 1.49. The van der Waals surface area contributed by atoms with Crippen LogP contribution in [0.25, 0.3) is 6.08 Å². The van der Waals surface area contributed by atoms with E-state index < -0.39 is 11.1 Å². The summed E-state index contributed by atoms with van der Waals surface area (Å²) in [6.07, 6.45) is 6.79. The van der Waals surface area contributed by atoms with Crippen molar-refractivity contribution in [1.82, 2.24) is 4.90 Å². The van der Waals surface area contributed by atoms with E-state index >= 15 is 0 Å². The summed E-state index contributed by atoms with van der Waals surface area (Å²) in [5.41, 5.74) is 1.31. The van der Waals surface area contributed by atoms with Crippen LogP contribution in [0.2, 0.25) is 0 Å². The topological polar surface area (TPSA) is 55.8 Å². The number of imide groups is 1. The Morgan fingerprint density at radius 2 is 2.10 bits per heavy atom. The Kier molecular flexibility index (Phi) is 6.62. The van der Waals surface area contributed by atoms with Gasteiger partial charge in [-0.3, -0.25) is 14.5 Å². The van der Waals surface area contributed by atoms with Gasteiger partial charge in [0.2, 0.25) is 0 Å². The van der Waals surface area contributed by atoms with Gasteiger partial charge in [0.1, 0.15) is 12.4 Å². The third kappa shape index (κ3) is 4.81. The number of hydrogen-bond acceptors (Lipinski definition) is 5. The highest BCUT2D eigenvalue weighted by molar-refractivity contribution is 9.10. The molecule has 0 radical (unpaired) electrons. The van der Waals surface area contributed by atoms with Crippen molar-refractivity contribution in [2.45, 2.75) is 6.61 Å². The summed E-state index contributed by atoms with van der Waals surface area (Å²) in [5, 5.41) is -0.403. The van der Waals surface area contributed by atoms with Crippen molar-refractivity contribution in [2.75, 3.05) is 13.7 Å². The zero-order valence-electron chi connectivity index (χ0n) is 15.3. The van der Waals surface area contributed by atoms with Crippen LogP contribution >= 0.6 is 27.7 Å². The van der Waals surface area contributed by atoms with Gasteiger partial charge in [0.05, 0.1) is 23.0 Å². The first-order valence-corrected chi connectivity index (χ1v) is 9.97. The average Bonchev–Trinajstić information content (AvgIpc) is 2.94. The van der Waals surface area contributed by atoms with E-state index in [1.54, 1.807) is 30.3 Å². The minimum Gasteiger partial charge on any atom is -0.493 e. The Bertz CT molecular complexity index is 1050. The molecule has 2 aromatic rings. The second-order valence-corrected chi connectivity index (χ2v) is 7.77. The minimum atomic E-state index is -0.431. The van der Waals surface area contributed by atoms with Gasteiger partial charge in [-0.1, -0.05) is 18.1 Å². The normalized spacial score (nSPS) is 15.0. The zero-order chi connectivity index (χ0) is 21.0. The number of rotatable bonds is 6. The van der Waals surface area contributed by atoms with Gasteiger partial charge in [0.15, 0.2) is 11.5 Å². The van der Waals surface area contributed by atoms with E-state index in [0.29, 0.717) is 27.1 Å². The second-order valence-electron chi connectivity index (χ2n) is 5.92. The summed E-state index contributed by atoms with van der Waals surface area (Å²) >= 11 is 4.27. The molecule has 5 nitrogen and oxygen atoms in total. The monoisotopic (exact) mass is 475 g/mol. The maximum absolute atomic E-state index is 13.3. The maximum atomic E-state index is 13.3. The smallest absolute Gasteiger partial charge is 0.294 e. The second kappa shape index (κ2) is 9.16. The highest BCUT2D eigenvalue weighted by Crippen LogP contribution is 2.39. The lowest BCUT2D eigenvalue weighted by atomic mass is 10.1. The van der Waals surface area contributed by atoms with Crippen molar-refractivity contribution in [1.29, 1.82) is 0 Å². The standard InChI is InChI=1S/C21H15BrFNO4S/c1-3-7-24-20(25)18(29-21(24)26)11-14-9-16(22)19(17(10-14)27-2)28-12-13-5-4-6-15(23)8-13/h1,4-6,8-11H,7,12H2,2H3. The number of amides is 2. The Labute approximate surface area is 180 Å². The zero-order valence-corrected chi connectivity index (χ0v) is 17.7. The largest absolute Gasteiger partial charge is 0.493 e. The molecular formula is C21H15BrFNO4S. The van der Waals surface area contributed by atoms with Crippen molar-refractivity contribution < 1.29 is 23.5 Å². The van der Waals surface area contributed by atoms with Crippen LogP contribution in [0.3, 0.4) is 0 Å². The Hall–Kier alpha value is -2.76. The van der Waals surface area contributed by atoms with Gasteiger partial charge < -0.3 is 9.47 Å². The van der Waals surface area contributed by atoms with Crippen molar-refractivity contribution in [3.05, 3.63) is 62.7 Å². The highest BCUT2D eigenvalue weighted by Gasteiger charge is 2.34. The lowest BCUT2D eigenvalue weighted by Crippen LogP contribution is -2.28. The van der Waals surface area contributed by atoms with Gasteiger partial charge in [-0.2, -0.15) is 0 Å². The summed E-state index contributed by atoms with van der Waals surface area (Å²) in [5.74, 6) is 2.38. The predicted octanol–water partition coefficient (Wildman–Crippen LogP) is 4.85. The minimum absolute atomic E-state index is 0.0676. The van der Waals surface area contributed by atoms with Crippen LogP contribution in [-0.2, 0) is 11.4 Å². The molecule has 148 valence electrons. The Balaban J connectivity index is 1.84. The van der Waals surface area contributed by atoms with Crippen LogP contribution in [0.1, 0.15) is 11.1 Å². The van der Waals surface area contributed by atoms with Gasteiger partial charge in [0.25, 0.3) is 11.1 Å². The molecule has 1 aliphatic rings. The summed E-state index contributed by atoms with van der Waals surface area (Å²) in [4.78, 5) is 25.5. The number of carbonyl (C=O) groups excluding carboxylic acids is 2. The van der Waals surface area contributed by atoms with Crippen molar-refractivity contribution in [3.63, 3.8) is 0 Å². The fourth-order valence-corrected chi connectivity index (χ4v) is 4.04. The third-order valence-corrected chi connectivity index (χ3v) is 5.44. The van der Waals surface area contributed by atoms with E-state index in [1.165, 1.54) is 19.2 Å². The van der Waals surface area contributed by atoms with E-state index in [4.69, 9.17) is 15.9 Å². The van der Waals surface area contributed by atoms with Crippen LogP contribution in [0, 0.1) is 18.2 Å². The SMILES string of the molecule is C#CCN1C(=O)SC(=Cc2cc(Br)c(OCc3cccc(F)c3)c(OC)c2)C1=O. The fraction of sp³-hybridized carbons (Fsp3) is 0.143. The van der Waals surface area contributed by atoms with Crippen LogP contribution in [0.15, 0.2) is 45.8 Å². The quantitative estimate of drug-likeness (QED) is 0.441. The molecule has 1 saturated heterocycles. The third-order valence-electron chi connectivity index (χ3n) is 3.94. The lowest BCUT2D eigenvalue weighted by Gasteiger charge is -2.14. The van der Waals surface area contributed by atoms with E-state index in [-0.39, 0.29) is 23.9 Å². The van der Waals surface area contributed by atoms with E-state index in [0.717, 1.165) is 16.7 Å². The first-order valence-electron chi connectivity index (χ1n) is 8.36. The number of ether oxygens (including phenoxy) is 2. The van der Waals surface area contributed by atoms with Crippen LogP contribution < -0.4 is 9.47 Å². The molecule has 0 saturated carbocycles. The average molecular weight is 476 g/mol. The van der Waals surface area contributed by atoms with E-state index in [9.17, 15) is 14.0 Å². The van der Waals surface area contributed by atoms with Gasteiger partial charge in [-0.15, -0.1) is 6.42 Å². The number of thioether (sulfide) groups is 1. The molecule has 0 atom stereocenters. The van der Waals surface area contributed by atoms with Crippen molar-refractivity contribution in [2.24, 2.45) is 0 Å². The summed E-state index contributed by atoms with van der Waals surface area (Å²) in [6.45, 7) is 0.0823. The molecule has 29 heavy (non-hydrogen) atoms. The first kappa shape index (κ1) is 21.0. The highest BCUT2D eigenvalue weighted by atomic mass is 79.9. The summed E-state index contributed by atoms with van der Waals surface area (Å²) in [6, 6.07) is 9.53. The molecule has 2 amide bonds. The number of halogens is 2. The fourth-order valence-electron chi connectivity index (χ4n) is 2.62. The Morgan fingerprint density at radius 3 is 2.79 bits per heavy atom. The van der Waals surface area contributed by atoms with Crippen molar-refractivity contribution >= 4 is 44.9 Å². The number of benzene rings is 2. The number of nitrogens with zero attached hydrogens (tertiary/aromatic N) is 1. The summed E-state index contributed by atoms with van der Waals surface area (Å²) < 4.78 is 25.1. The van der Waals surface area contributed by atoms with Gasteiger partial charge in [-0.25, -0.2) is 4.39 Å². The molecule has 2 aromatic carbocycles.